The highest BCUT2D eigenvalue weighted by Gasteiger charge is 2.31. The zero-order valence-electron chi connectivity index (χ0n) is 14.4. The summed E-state index contributed by atoms with van der Waals surface area (Å²) < 4.78 is 38.5. The number of thioether (sulfide) groups is 1. The van der Waals surface area contributed by atoms with E-state index in [9.17, 15) is 18.0 Å². The SMILES string of the molecule is CC(Sc1n[nH]c(-c2ccccc2)n1)C(=O)Nc1cc(C(F)(F)F)ccc1Cl. The number of nitrogens with zero attached hydrogens (tertiary/aromatic N) is 2. The summed E-state index contributed by atoms with van der Waals surface area (Å²) in [4.78, 5) is 16.7. The standard InChI is InChI=1S/C18H14ClF3N4OS/c1-10(28-17-24-15(25-26-17)11-5-3-2-4-6-11)16(27)23-14-9-12(18(20,21)22)7-8-13(14)19/h2-10H,1H3,(H,23,27)(H,24,25,26). The molecule has 1 unspecified atom stereocenters. The van der Waals surface area contributed by atoms with Crippen LogP contribution >= 0.6 is 23.4 Å². The van der Waals surface area contributed by atoms with E-state index in [1.54, 1.807) is 6.92 Å². The number of halogens is 4. The van der Waals surface area contributed by atoms with Crippen LogP contribution in [0.3, 0.4) is 0 Å². The summed E-state index contributed by atoms with van der Waals surface area (Å²) in [5, 5.41) is 8.97. The molecule has 1 atom stereocenters. The summed E-state index contributed by atoms with van der Waals surface area (Å²) >= 11 is 6.98. The van der Waals surface area contributed by atoms with Gasteiger partial charge in [0.05, 0.1) is 21.5 Å². The molecule has 1 heterocycles. The van der Waals surface area contributed by atoms with Crippen molar-refractivity contribution in [2.75, 3.05) is 5.32 Å². The smallest absolute Gasteiger partial charge is 0.324 e. The summed E-state index contributed by atoms with van der Waals surface area (Å²) in [6.07, 6.45) is -4.53. The number of nitrogens with one attached hydrogen (secondary N) is 2. The molecule has 0 radical (unpaired) electrons. The third-order valence-electron chi connectivity index (χ3n) is 3.72. The van der Waals surface area contributed by atoms with Crippen molar-refractivity contribution in [3.8, 4) is 11.4 Å². The average molecular weight is 427 g/mol. The van der Waals surface area contributed by atoms with Gasteiger partial charge in [0.25, 0.3) is 0 Å². The Morgan fingerprint density at radius 3 is 2.61 bits per heavy atom. The Balaban J connectivity index is 1.68. The lowest BCUT2D eigenvalue weighted by atomic mass is 10.2. The van der Waals surface area contributed by atoms with E-state index < -0.39 is 22.9 Å². The average Bonchev–Trinajstić information content (AvgIpc) is 3.11. The number of benzene rings is 2. The zero-order valence-corrected chi connectivity index (χ0v) is 16.0. The number of alkyl halides is 3. The first-order chi connectivity index (χ1) is 13.2. The lowest BCUT2D eigenvalue weighted by Crippen LogP contribution is -2.23. The third kappa shape index (κ3) is 4.85. The van der Waals surface area contributed by atoms with Crippen LogP contribution in [0.2, 0.25) is 5.02 Å². The number of carbonyl (C=O) groups excluding carboxylic acids is 1. The van der Waals surface area contributed by atoms with Gasteiger partial charge in [-0.3, -0.25) is 9.89 Å². The van der Waals surface area contributed by atoms with E-state index in [0.29, 0.717) is 11.0 Å². The Morgan fingerprint density at radius 1 is 1.21 bits per heavy atom. The minimum atomic E-state index is -4.53. The molecule has 0 saturated heterocycles. The summed E-state index contributed by atoms with van der Waals surface area (Å²) in [7, 11) is 0. The normalized spacial score (nSPS) is 12.6. The van der Waals surface area contributed by atoms with Gasteiger partial charge in [-0.05, 0) is 25.1 Å². The number of aromatic amines is 1. The first-order valence-electron chi connectivity index (χ1n) is 8.06. The molecule has 0 saturated carbocycles. The van der Waals surface area contributed by atoms with E-state index in [1.807, 2.05) is 30.3 Å². The number of anilines is 1. The van der Waals surface area contributed by atoms with Crippen molar-refractivity contribution in [2.45, 2.75) is 23.5 Å². The molecule has 0 aliphatic heterocycles. The van der Waals surface area contributed by atoms with Gasteiger partial charge in [-0.15, -0.1) is 5.10 Å². The molecule has 28 heavy (non-hydrogen) atoms. The molecule has 10 heteroatoms. The van der Waals surface area contributed by atoms with Crippen molar-refractivity contribution in [3.05, 3.63) is 59.1 Å². The highest BCUT2D eigenvalue weighted by molar-refractivity contribution is 8.00. The van der Waals surface area contributed by atoms with Crippen molar-refractivity contribution in [1.82, 2.24) is 15.2 Å². The molecular formula is C18H14ClF3N4OS. The van der Waals surface area contributed by atoms with Gasteiger partial charge in [0.2, 0.25) is 11.1 Å². The number of carbonyl (C=O) groups is 1. The molecule has 0 bridgehead atoms. The second kappa shape index (κ2) is 8.24. The molecule has 3 rings (SSSR count). The number of hydrogen-bond acceptors (Lipinski definition) is 4. The molecule has 5 nitrogen and oxygen atoms in total. The fourth-order valence-corrected chi connectivity index (χ4v) is 3.16. The van der Waals surface area contributed by atoms with Crippen LogP contribution in [0, 0.1) is 0 Å². The molecule has 2 N–H and O–H groups in total. The van der Waals surface area contributed by atoms with E-state index in [0.717, 1.165) is 35.5 Å². The maximum Gasteiger partial charge on any atom is 0.416 e. The quantitative estimate of drug-likeness (QED) is 0.546. The highest BCUT2D eigenvalue weighted by atomic mass is 35.5. The van der Waals surface area contributed by atoms with Crippen molar-refractivity contribution < 1.29 is 18.0 Å². The molecule has 3 aromatic rings. The number of rotatable bonds is 5. The van der Waals surface area contributed by atoms with E-state index in [4.69, 9.17) is 11.6 Å². The first-order valence-corrected chi connectivity index (χ1v) is 9.32. The molecule has 1 aromatic heterocycles. The van der Waals surface area contributed by atoms with Crippen molar-refractivity contribution in [2.24, 2.45) is 0 Å². The van der Waals surface area contributed by atoms with E-state index in [1.165, 1.54) is 0 Å². The summed E-state index contributed by atoms with van der Waals surface area (Å²) in [6, 6.07) is 12.1. The van der Waals surface area contributed by atoms with Crippen LogP contribution in [-0.2, 0) is 11.0 Å². The van der Waals surface area contributed by atoms with Gasteiger partial charge in [-0.25, -0.2) is 4.98 Å². The fraction of sp³-hybridized carbons (Fsp3) is 0.167. The van der Waals surface area contributed by atoms with Crippen LogP contribution < -0.4 is 5.32 Å². The Labute approximate surface area is 167 Å². The largest absolute Gasteiger partial charge is 0.416 e. The van der Waals surface area contributed by atoms with Crippen LogP contribution in [0.1, 0.15) is 12.5 Å². The Hall–Kier alpha value is -2.52. The number of hydrogen-bond donors (Lipinski definition) is 2. The highest BCUT2D eigenvalue weighted by Crippen LogP contribution is 2.34. The zero-order chi connectivity index (χ0) is 20.3. The molecule has 0 aliphatic carbocycles. The van der Waals surface area contributed by atoms with Gasteiger partial charge in [0.1, 0.15) is 0 Å². The predicted octanol–water partition coefficient (Wildman–Crippen LogP) is 5.26. The minimum absolute atomic E-state index is 0.0165. The topological polar surface area (TPSA) is 70.7 Å². The second-order valence-electron chi connectivity index (χ2n) is 5.77. The van der Waals surface area contributed by atoms with Crippen LogP contribution in [0.25, 0.3) is 11.4 Å². The lowest BCUT2D eigenvalue weighted by molar-refractivity contribution is -0.137. The molecule has 2 aromatic carbocycles. The van der Waals surface area contributed by atoms with E-state index >= 15 is 0 Å². The Bertz CT molecular complexity index is 978. The van der Waals surface area contributed by atoms with Gasteiger partial charge in [0.15, 0.2) is 5.82 Å². The molecule has 146 valence electrons. The van der Waals surface area contributed by atoms with Gasteiger partial charge in [0, 0.05) is 5.56 Å². The summed E-state index contributed by atoms with van der Waals surface area (Å²) in [6.45, 7) is 1.60. The van der Waals surface area contributed by atoms with Crippen LogP contribution in [0.5, 0.6) is 0 Å². The number of amides is 1. The van der Waals surface area contributed by atoms with Crippen LogP contribution in [0.15, 0.2) is 53.7 Å². The maximum atomic E-state index is 12.8. The Kier molecular flexibility index (Phi) is 5.95. The monoisotopic (exact) mass is 426 g/mol. The molecular weight excluding hydrogens is 413 g/mol. The van der Waals surface area contributed by atoms with Crippen molar-refractivity contribution in [1.29, 1.82) is 0 Å². The summed E-state index contributed by atoms with van der Waals surface area (Å²) in [5.74, 6) is 0.0360. The molecule has 1 amide bonds. The van der Waals surface area contributed by atoms with Crippen LogP contribution in [-0.4, -0.2) is 26.3 Å². The van der Waals surface area contributed by atoms with E-state index in [-0.39, 0.29) is 10.7 Å². The van der Waals surface area contributed by atoms with Gasteiger partial charge >= 0.3 is 6.18 Å². The third-order valence-corrected chi connectivity index (χ3v) is 5.01. The molecule has 0 fully saturated rings. The van der Waals surface area contributed by atoms with Gasteiger partial charge in [-0.2, -0.15) is 13.2 Å². The van der Waals surface area contributed by atoms with Crippen LogP contribution in [0.4, 0.5) is 18.9 Å². The number of H-pyrrole nitrogens is 1. The summed E-state index contributed by atoms with van der Waals surface area (Å²) in [5.41, 5.74) is -0.155. The minimum Gasteiger partial charge on any atom is -0.324 e. The maximum absolute atomic E-state index is 12.8. The second-order valence-corrected chi connectivity index (χ2v) is 7.49. The van der Waals surface area contributed by atoms with Crippen molar-refractivity contribution >= 4 is 35.0 Å². The number of aromatic nitrogens is 3. The molecule has 0 aliphatic rings. The molecule has 0 spiro atoms. The first kappa shape index (κ1) is 20.2. The lowest BCUT2D eigenvalue weighted by Gasteiger charge is -2.13. The fourth-order valence-electron chi connectivity index (χ4n) is 2.27. The predicted molar refractivity (Wildman–Crippen MR) is 102 cm³/mol. The van der Waals surface area contributed by atoms with Gasteiger partial charge < -0.3 is 5.32 Å². The van der Waals surface area contributed by atoms with E-state index in [2.05, 4.69) is 20.5 Å². The Morgan fingerprint density at radius 2 is 1.93 bits per heavy atom. The van der Waals surface area contributed by atoms with Gasteiger partial charge in [-0.1, -0.05) is 53.7 Å². The van der Waals surface area contributed by atoms with Crippen molar-refractivity contribution in [3.63, 3.8) is 0 Å².